The Kier molecular flexibility index (Phi) is 7.27. The third-order valence-corrected chi connectivity index (χ3v) is 8.58. The lowest BCUT2D eigenvalue weighted by atomic mass is 10.2. The highest BCUT2D eigenvalue weighted by Crippen LogP contribution is 2.22. The van der Waals surface area contributed by atoms with Crippen molar-refractivity contribution in [3.8, 4) is 0 Å². The fourth-order valence-electron chi connectivity index (χ4n) is 3.80. The van der Waals surface area contributed by atoms with E-state index in [0.29, 0.717) is 36.6 Å². The highest BCUT2D eigenvalue weighted by molar-refractivity contribution is 7.89. The number of thiazole rings is 1. The fourth-order valence-corrected chi connectivity index (χ4v) is 6.41. The Hall–Kier alpha value is -2.86. The molecule has 0 N–H and O–H groups in total. The minimum atomic E-state index is -3.55. The molecule has 2 heterocycles. The molecule has 0 bridgehead atoms. The van der Waals surface area contributed by atoms with Crippen LogP contribution in [0, 0.1) is 0 Å². The molecule has 0 radical (unpaired) electrons. The van der Waals surface area contributed by atoms with Crippen molar-refractivity contribution in [1.82, 2.24) is 8.87 Å². The van der Waals surface area contributed by atoms with Crippen molar-refractivity contribution in [1.29, 1.82) is 0 Å². The van der Waals surface area contributed by atoms with Gasteiger partial charge >= 0.3 is 5.97 Å². The zero-order chi connectivity index (χ0) is 24.3. The summed E-state index contributed by atoms with van der Waals surface area (Å²) in [6.07, 6.45) is 1.71. The van der Waals surface area contributed by atoms with Crippen molar-refractivity contribution in [2.75, 3.05) is 33.9 Å². The first-order valence-corrected chi connectivity index (χ1v) is 13.0. The fraction of sp³-hybridized carbons (Fsp3) is 0.348. The average Bonchev–Trinajstić information content (AvgIpc) is 3.50. The number of ether oxygens (including phenoxy) is 2. The Labute approximate surface area is 201 Å². The van der Waals surface area contributed by atoms with Crippen LogP contribution in [0.1, 0.15) is 33.6 Å². The molecule has 180 valence electrons. The lowest BCUT2D eigenvalue weighted by Gasteiger charge is -2.15. The van der Waals surface area contributed by atoms with Gasteiger partial charge in [0.1, 0.15) is 0 Å². The van der Waals surface area contributed by atoms with E-state index in [1.54, 1.807) is 25.3 Å². The molecule has 34 heavy (non-hydrogen) atoms. The number of esters is 1. The second kappa shape index (κ2) is 10.2. The summed E-state index contributed by atoms with van der Waals surface area (Å²) in [5, 5.41) is 0. The molecule has 2 aromatic carbocycles. The second-order valence-electron chi connectivity index (χ2n) is 7.76. The maximum atomic E-state index is 12.9. The monoisotopic (exact) mass is 503 g/mol. The summed E-state index contributed by atoms with van der Waals surface area (Å²) >= 11 is 1.27. The number of rotatable bonds is 7. The standard InChI is InChI=1S/C23H25N3O6S2/c1-31-14-13-26-19-10-7-17(22(28)32-2)15-20(19)33-23(26)24-21(27)16-5-8-18(9-6-16)34(29,30)25-11-3-4-12-25/h5-10,15H,3-4,11-14H2,1-2H3. The van der Waals surface area contributed by atoms with Gasteiger partial charge in [-0.15, -0.1) is 0 Å². The van der Waals surface area contributed by atoms with Crippen LogP contribution < -0.4 is 4.80 Å². The first-order chi connectivity index (χ1) is 16.3. The average molecular weight is 504 g/mol. The molecule has 1 aliphatic rings. The van der Waals surface area contributed by atoms with Crippen molar-refractivity contribution in [3.05, 3.63) is 58.4 Å². The van der Waals surface area contributed by atoms with Gasteiger partial charge in [0.2, 0.25) is 10.0 Å². The van der Waals surface area contributed by atoms with Gasteiger partial charge in [-0.3, -0.25) is 4.79 Å². The number of hydrogen-bond acceptors (Lipinski definition) is 7. The molecule has 0 spiro atoms. The van der Waals surface area contributed by atoms with Crippen LogP contribution in [-0.2, 0) is 26.0 Å². The molecule has 11 heteroatoms. The normalized spacial score (nSPS) is 15.2. The summed E-state index contributed by atoms with van der Waals surface area (Å²) in [6, 6.07) is 11.0. The van der Waals surface area contributed by atoms with Crippen LogP contribution in [0.2, 0.25) is 0 Å². The maximum Gasteiger partial charge on any atom is 0.337 e. The minimum Gasteiger partial charge on any atom is -0.465 e. The van der Waals surface area contributed by atoms with E-state index in [1.165, 1.54) is 47.0 Å². The van der Waals surface area contributed by atoms with Crippen molar-refractivity contribution < 1.29 is 27.5 Å². The number of carbonyl (C=O) groups excluding carboxylic acids is 2. The maximum absolute atomic E-state index is 12.9. The number of hydrogen-bond donors (Lipinski definition) is 0. The van der Waals surface area contributed by atoms with Gasteiger partial charge in [-0.25, -0.2) is 13.2 Å². The van der Waals surface area contributed by atoms with E-state index in [-0.39, 0.29) is 10.5 Å². The van der Waals surface area contributed by atoms with Crippen LogP contribution in [0.25, 0.3) is 10.2 Å². The Morgan fingerprint density at radius 2 is 1.71 bits per heavy atom. The number of sulfonamides is 1. The predicted molar refractivity (Wildman–Crippen MR) is 127 cm³/mol. The lowest BCUT2D eigenvalue weighted by molar-refractivity contribution is 0.0600. The first-order valence-electron chi connectivity index (χ1n) is 10.7. The topological polar surface area (TPSA) is 107 Å². The zero-order valence-corrected chi connectivity index (χ0v) is 20.5. The minimum absolute atomic E-state index is 0.165. The van der Waals surface area contributed by atoms with Gasteiger partial charge in [-0.05, 0) is 55.3 Å². The smallest absolute Gasteiger partial charge is 0.337 e. The van der Waals surface area contributed by atoms with Gasteiger partial charge in [0.15, 0.2) is 4.80 Å². The van der Waals surface area contributed by atoms with E-state index in [2.05, 4.69) is 4.99 Å². The largest absolute Gasteiger partial charge is 0.465 e. The Balaban J connectivity index is 1.68. The SMILES string of the molecule is COCCn1c(=NC(=O)c2ccc(S(=O)(=O)N3CCCC3)cc2)sc2cc(C(=O)OC)ccc21. The molecule has 0 unspecified atom stereocenters. The summed E-state index contributed by atoms with van der Waals surface area (Å²) in [5.41, 5.74) is 1.50. The molecule has 0 aliphatic carbocycles. The summed E-state index contributed by atoms with van der Waals surface area (Å²) < 4.78 is 39.5. The van der Waals surface area contributed by atoms with Crippen LogP contribution in [0.4, 0.5) is 0 Å². The van der Waals surface area contributed by atoms with Crippen LogP contribution in [0.3, 0.4) is 0 Å². The molecule has 1 aliphatic heterocycles. The number of fused-ring (bicyclic) bond motifs is 1. The van der Waals surface area contributed by atoms with E-state index in [0.717, 1.165) is 23.1 Å². The Morgan fingerprint density at radius 3 is 2.35 bits per heavy atom. The molecular formula is C23H25N3O6S2. The highest BCUT2D eigenvalue weighted by atomic mass is 32.2. The molecule has 0 atom stereocenters. The molecule has 0 saturated carbocycles. The number of carbonyl (C=O) groups is 2. The van der Waals surface area contributed by atoms with Gasteiger partial charge in [-0.2, -0.15) is 9.30 Å². The van der Waals surface area contributed by atoms with Crippen molar-refractivity contribution in [2.45, 2.75) is 24.3 Å². The lowest BCUT2D eigenvalue weighted by Crippen LogP contribution is -2.27. The van der Waals surface area contributed by atoms with E-state index < -0.39 is 21.9 Å². The predicted octanol–water partition coefficient (Wildman–Crippen LogP) is 2.66. The first kappa shape index (κ1) is 24.3. The molecule has 1 amide bonds. The van der Waals surface area contributed by atoms with Gasteiger partial charge in [0.05, 0.1) is 34.4 Å². The summed E-state index contributed by atoms with van der Waals surface area (Å²) in [4.78, 5) is 29.7. The van der Waals surface area contributed by atoms with E-state index in [9.17, 15) is 18.0 Å². The van der Waals surface area contributed by atoms with Gasteiger partial charge in [0, 0.05) is 32.3 Å². The van der Waals surface area contributed by atoms with Crippen LogP contribution in [0.15, 0.2) is 52.4 Å². The quantitative estimate of drug-likeness (QED) is 0.459. The van der Waals surface area contributed by atoms with Gasteiger partial charge in [0.25, 0.3) is 5.91 Å². The van der Waals surface area contributed by atoms with Crippen LogP contribution in [-0.4, -0.2) is 63.1 Å². The third-order valence-electron chi connectivity index (χ3n) is 5.62. The molecule has 3 aromatic rings. The summed E-state index contributed by atoms with van der Waals surface area (Å²) in [6.45, 7) is 1.91. The third kappa shape index (κ3) is 4.83. The van der Waals surface area contributed by atoms with E-state index >= 15 is 0 Å². The van der Waals surface area contributed by atoms with Gasteiger partial charge < -0.3 is 14.0 Å². The van der Waals surface area contributed by atoms with Crippen LogP contribution in [0.5, 0.6) is 0 Å². The molecule has 1 fully saturated rings. The van der Waals surface area contributed by atoms with Crippen molar-refractivity contribution in [2.24, 2.45) is 4.99 Å². The summed E-state index contributed by atoms with van der Waals surface area (Å²) in [7, 11) is -0.642. The Bertz CT molecular complexity index is 1380. The van der Waals surface area contributed by atoms with E-state index in [4.69, 9.17) is 9.47 Å². The zero-order valence-electron chi connectivity index (χ0n) is 18.9. The molecule has 4 rings (SSSR count). The summed E-state index contributed by atoms with van der Waals surface area (Å²) in [5.74, 6) is -0.937. The highest BCUT2D eigenvalue weighted by Gasteiger charge is 2.27. The number of benzene rings is 2. The second-order valence-corrected chi connectivity index (χ2v) is 10.7. The van der Waals surface area contributed by atoms with E-state index in [1.807, 2.05) is 4.57 Å². The number of aromatic nitrogens is 1. The molecular weight excluding hydrogens is 478 g/mol. The number of methoxy groups -OCH3 is 2. The Morgan fingerprint density at radius 1 is 1.03 bits per heavy atom. The van der Waals surface area contributed by atoms with Crippen molar-refractivity contribution in [3.63, 3.8) is 0 Å². The van der Waals surface area contributed by atoms with Crippen LogP contribution >= 0.6 is 11.3 Å². The van der Waals surface area contributed by atoms with Gasteiger partial charge in [-0.1, -0.05) is 11.3 Å². The molecule has 1 saturated heterocycles. The molecule has 9 nitrogen and oxygen atoms in total. The van der Waals surface area contributed by atoms with Crippen molar-refractivity contribution >= 4 is 43.5 Å². The number of amides is 1. The molecule has 1 aromatic heterocycles. The number of nitrogens with zero attached hydrogens (tertiary/aromatic N) is 3.